The van der Waals surface area contributed by atoms with Crippen molar-refractivity contribution in [1.82, 2.24) is 9.88 Å². The fourth-order valence-electron chi connectivity index (χ4n) is 4.33. The number of aromatic nitrogens is 1. The van der Waals surface area contributed by atoms with Crippen molar-refractivity contribution in [3.63, 3.8) is 0 Å². The van der Waals surface area contributed by atoms with E-state index < -0.39 is 0 Å². The van der Waals surface area contributed by atoms with Gasteiger partial charge in [-0.2, -0.15) is 0 Å². The molecule has 3 aromatic rings. The highest BCUT2D eigenvalue weighted by Crippen LogP contribution is 2.30. The van der Waals surface area contributed by atoms with E-state index in [2.05, 4.69) is 34.1 Å². The fraction of sp³-hybridized carbons (Fsp3) is 0.333. The molecule has 0 amide bonds. The third-order valence-corrected chi connectivity index (χ3v) is 5.82. The lowest BCUT2D eigenvalue weighted by atomic mass is 10.1. The van der Waals surface area contributed by atoms with Gasteiger partial charge in [0.15, 0.2) is 5.78 Å². The van der Waals surface area contributed by atoms with Crippen molar-refractivity contribution < 1.29 is 14.3 Å². The molecule has 2 heterocycles. The minimum Gasteiger partial charge on any atom is -0.491 e. The number of ketones is 1. The van der Waals surface area contributed by atoms with Gasteiger partial charge in [0, 0.05) is 48.8 Å². The second-order valence-electron chi connectivity index (χ2n) is 7.73. The average molecular weight is 388 g/mol. The van der Waals surface area contributed by atoms with Crippen molar-refractivity contribution in [1.29, 1.82) is 0 Å². The quantitative estimate of drug-likeness (QED) is 0.668. The zero-order valence-electron chi connectivity index (χ0n) is 16.3. The molecular formula is C24H24N2O3. The number of fused-ring (bicyclic) bond motifs is 2. The maximum absolute atomic E-state index is 11.9. The Hall–Kier alpha value is -2.76. The number of para-hydroxylation sites is 1. The van der Waals surface area contributed by atoms with Crippen LogP contribution in [0.15, 0.2) is 54.7 Å². The minimum atomic E-state index is 0.0183. The number of hydrogen-bond donors (Lipinski definition) is 0. The molecule has 0 saturated carbocycles. The van der Waals surface area contributed by atoms with E-state index in [9.17, 15) is 4.79 Å². The lowest BCUT2D eigenvalue weighted by Crippen LogP contribution is -2.44. The first-order valence-corrected chi connectivity index (χ1v) is 10.2. The molecule has 29 heavy (non-hydrogen) atoms. The molecule has 0 spiro atoms. The Bertz CT molecular complexity index is 1040. The van der Waals surface area contributed by atoms with Crippen LogP contribution in [0.2, 0.25) is 0 Å². The van der Waals surface area contributed by atoms with E-state index in [1.165, 1.54) is 10.9 Å². The summed E-state index contributed by atoms with van der Waals surface area (Å²) in [5.41, 5.74) is 4.19. The van der Waals surface area contributed by atoms with E-state index in [1.54, 1.807) is 0 Å². The van der Waals surface area contributed by atoms with Gasteiger partial charge in [0.2, 0.25) is 0 Å². The summed E-state index contributed by atoms with van der Waals surface area (Å²) >= 11 is 0. The summed E-state index contributed by atoms with van der Waals surface area (Å²) in [4.78, 5) is 18.8. The molecule has 1 saturated heterocycles. The summed E-state index contributed by atoms with van der Waals surface area (Å²) in [6.07, 6.45) is 3.26. The first kappa shape index (κ1) is 18.3. The molecule has 1 aliphatic heterocycles. The van der Waals surface area contributed by atoms with Gasteiger partial charge in [0.05, 0.1) is 12.1 Å². The molecule has 5 heteroatoms. The van der Waals surface area contributed by atoms with E-state index in [1.807, 2.05) is 30.5 Å². The van der Waals surface area contributed by atoms with Crippen molar-refractivity contribution >= 4 is 16.7 Å². The standard InChI is InChI=1S/C24H24N2O3/c27-23-9-8-21-20(23)5-3-7-24(21)29-16-18-15-26(12-13-28-18)14-17-10-11-25-22-6-2-1-4-19(17)22/h1-7,10-11,18H,8-9,12-16H2. The van der Waals surface area contributed by atoms with Gasteiger partial charge in [-0.05, 0) is 30.2 Å². The molecule has 1 aromatic heterocycles. The van der Waals surface area contributed by atoms with Crippen LogP contribution in [0, 0.1) is 0 Å². The van der Waals surface area contributed by atoms with E-state index >= 15 is 0 Å². The predicted molar refractivity (Wildman–Crippen MR) is 111 cm³/mol. The number of Topliss-reactive ketones (excluding diaryl/α,β-unsaturated/α-hetero) is 1. The van der Waals surface area contributed by atoms with Crippen molar-refractivity contribution in [3.05, 3.63) is 71.4 Å². The summed E-state index contributed by atoms with van der Waals surface area (Å²) < 4.78 is 12.0. The van der Waals surface area contributed by atoms with Gasteiger partial charge in [0.1, 0.15) is 18.5 Å². The van der Waals surface area contributed by atoms with E-state index in [0.29, 0.717) is 19.6 Å². The van der Waals surface area contributed by atoms with Crippen LogP contribution < -0.4 is 4.74 Å². The van der Waals surface area contributed by atoms with Gasteiger partial charge in [-0.3, -0.25) is 14.7 Å². The number of carbonyl (C=O) groups excluding carboxylic acids is 1. The second-order valence-corrected chi connectivity index (χ2v) is 7.73. The van der Waals surface area contributed by atoms with Gasteiger partial charge < -0.3 is 9.47 Å². The Morgan fingerprint density at radius 2 is 2.03 bits per heavy atom. The molecule has 0 radical (unpaired) electrons. The molecular weight excluding hydrogens is 364 g/mol. The highest BCUT2D eigenvalue weighted by molar-refractivity contribution is 6.01. The smallest absolute Gasteiger partial charge is 0.163 e. The summed E-state index contributed by atoms with van der Waals surface area (Å²) in [5, 5.41) is 1.21. The largest absolute Gasteiger partial charge is 0.491 e. The Labute approximate surface area is 170 Å². The predicted octanol–water partition coefficient (Wildman–Crippen LogP) is 3.64. The van der Waals surface area contributed by atoms with Crippen LogP contribution in [0.4, 0.5) is 0 Å². The molecule has 0 N–H and O–H groups in total. The molecule has 1 atom stereocenters. The zero-order chi connectivity index (χ0) is 19.6. The molecule has 0 bridgehead atoms. The maximum atomic E-state index is 11.9. The molecule has 2 aliphatic rings. The van der Waals surface area contributed by atoms with Crippen LogP contribution in [0.25, 0.3) is 10.9 Å². The highest BCUT2D eigenvalue weighted by atomic mass is 16.5. The molecule has 5 rings (SSSR count). The van der Waals surface area contributed by atoms with Gasteiger partial charge in [-0.15, -0.1) is 0 Å². The molecule has 1 aliphatic carbocycles. The number of ether oxygens (including phenoxy) is 2. The van der Waals surface area contributed by atoms with Crippen LogP contribution in [0.1, 0.15) is 27.9 Å². The first-order chi connectivity index (χ1) is 14.3. The Morgan fingerprint density at radius 3 is 3.00 bits per heavy atom. The Morgan fingerprint density at radius 1 is 1.10 bits per heavy atom. The average Bonchev–Trinajstić information content (AvgIpc) is 3.14. The number of hydrogen-bond acceptors (Lipinski definition) is 5. The van der Waals surface area contributed by atoms with Crippen LogP contribution in [-0.2, 0) is 17.7 Å². The third kappa shape index (κ3) is 3.76. The SMILES string of the molecule is O=C1CCc2c(OCC3CN(Cc4ccnc5ccccc45)CCO3)cccc21. The van der Waals surface area contributed by atoms with E-state index in [4.69, 9.17) is 9.47 Å². The minimum absolute atomic E-state index is 0.0183. The highest BCUT2D eigenvalue weighted by Gasteiger charge is 2.25. The molecule has 5 nitrogen and oxygen atoms in total. The summed E-state index contributed by atoms with van der Waals surface area (Å²) in [6.45, 7) is 3.80. The molecule has 1 fully saturated rings. The van der Waals surface area contributed by atoms with Gasteiger partial charge in [0.25, 0.3) is 0 Å². The number of benzene rings is 2. The summed E-state index contributed by atoms with van der Waals surface area (Å²) in [6, 6.07) is 16.1. The van der Waals surface area contributed by atoms with Crippen molar-refractivity contribution in [2.24, 2.45) is 0 Å². The van der Waals surface area contributed by atoms with Crippen LogP contribution in [0.5, 0.6) is 5.75 Å². The zero-order valence-corrected chi connectivity index (χ0v) is 16.3. The van der Waals surface area contributed by atoms with Gasteiger partial charge in [-0.1, -0.05) is 30.3 Å². The number of nitrogens with zero attached hydrogens (tertiary/aromatic N) is 2. The van der Waals surface area contributed by atoms with Crippen molar-refractivity contribution in [2.75, 3.05) is 26.3 Å². The number of pyridine rings is 1. The topological polar surface area (TPSA) is 51.7 Å². The Balaban J connectivity index is 1.24. The third-order valence-electron chi connectivity index (χ3n) is 5.82. The Kier molecular flexibility index (Phi) is 5.00. The van der Waals surface area contributed by atoms with Crippen LogP contribution in [-0.4, -0.2) is 48.1 Å². The number of carbonyl (C=O) groups is 1. The fourth-order valence-corrected chi connectivity index (χ4v) is 4.33. The monoisotopic (exact) mass is 388 g/mol. The van der Waals surface area contributed by atoms with Gasteiger partial charge in [-0.25, -0.2) is 0 Å². The van der Waals surface area contributed by atoms with Crippen molar-refractivity contribution in [2.45, 2.75) is 25.5 Å². The maximum Gasteiger partial charge on any atom is 0.163 e. The lowest BCUT2D eigenvalue weighted by molar-refractivity contribution is -0.0504. The second kappa shape index (κ2) is 7.93. The van der Waals surface area contributed by atoms with Crippen LogP contribution in [0.3, 0.4) is 0 Å². The normalized spacial score (nSPS) is 19.4. The van der Waals surface area contributed by atoms with E-state index in [0.717, 1.165) is 48.4 Å². The summed E-state index contributed by atoms with van der Waals surface area (Å²) in [5.74, 6) is 1.05. The van der Waals surface area contributed by atoms with E-state index in [-0.39, 0.29) is 11.9 Å². The van der Waals surface area contributed by atoms with Gasteiger partial charge >= 0.3 is 0 Å². The summed E-state index contributed by atoms with van der Waals surface area (Å²) in [7, 11) is 0. The first-order valence-electron chi connectivity index (χ1n) is 10.2. The molecule has 2 aromatic carbocycles. The molecule has 148 valence electrons. The van der Waals surface area contributed by atoms with Crippen molar-refractivity contribution in [3.8, 4) is 5.75 Å². The number of rotatable bonds is 5. The van der Waals surface area contributed by atoms with Crippen LogP contribution >= 0.6 is 0 Å². The molecule has 1 unspecified atom stereocenters. The lowest BCUT2D eigenvalue weighted by Gasteiger charge is -2.33. The number of morpholine rings is 1.